The molecule has 0 aliphatic carbocycles. The van der Waals surface area contributed by atoms with Crippen molar-refractivity contribution in [1.82, 2.24) is 25.4 Å². The Hall–Kier alpha value is -6.13. The molecule has 6 aromatic rings. The molecule has 0 bridgehead atoms. The molecule has 370 valence electrons. The van der Waals surface area contributed by atoms with Crippen molar-refractivity contribution in [3.05, 3.63) is 119 Å². The minimum Gasteiger partial charge on any atom is -0.508 e. The van der Waals surface area contributed by atoms with Gasteiger partial charge in [0.15, 0.2) is 5.78 Å². The number of unbranched alkanes of at least 4 members (excludes halogenated alkanes) is 3. The summed E-state index contributed by atoms with van der Waals surface area (Å²) in [5.74, 6) is -0.157. The van der Waals surface area contributed by atoms with Gasteiger partial charge in [0, 0.05) is 52.0 Å². The number of β-amino-alcohol motifs (C(OH)–C–C–N with tert-alkyl or cyclic N) is 1. The van der Waals surface area contributed by atoms with Crippen molar-refractivity contribution in [1.29, 1.82) is 0 Å². The van der Waals surface area contributed by atoms with E-state index in [1.807, 2.05) is 64.4 Å². The van der Waals surface area contributed by atoms with Crippen molar-refractivity contribution in [2.75, 3.05) is 32.8 Å². The topological polar surface area (TPSA) is 182 Å². The molecule has 2 aromatic heterocycles. The van der Waals surface area contributed by atoms with Gasteiger partial charge in [0.25, 0.3) is 0 Å². The number of likely N-dealkylation sites (tertiary alicyclic amines) is 1. The Morgan fingerprint density at radius 2 is 1.53 bits per heavy atom. The van der Waals surface area contributed by atoms with Gasteiger partial charge in [0.2, 0.25) is 17.7 Å². The number of amides is 3. The zero-order valence-electron chi connectivity index (χ0n) is 40.9. The summed E-state index contributed by atoms with van der Waals surface area (Å²) in [4.78, 5) is 65.1. The molecule has 7 rings (SSSR count). The van der Waals surface area contributed by atoms with E-state index in [1.165, 1.54) is 16.2 Å². The maximum Gasteiger partial charge on any atom is 0.246 e. The van der Waals surface area contributed by atoms with Gasteiger partial charge in [-0.15, -0.1) is 22.7 Å². The predicted octanol–water partition coefficient (Wildman–Crippen LogP) is 9.66. The van der Waals surface area contributed by atoms with E-state index in [-0.39, 0.29) is 60.4 Å². The maximum atomic E-state index is 14.1. The second-order valence-electron chi connectivity index (χ2n) is 19.2. The summed E-state index contributed by atoms with van der Waals surface area (Å²) in [5, 5.41) is 37.4. The predicted molar refractivity (Wildman–Crippen MR) is 278 cm³/mol. The van der Waals surface area contributed by atoms with Gasteiger partial charge < -0.3 is 40.5 Å². The van der Waals surface area contributed by atoms with Crippen molar-refractivity contribution in [3.8, 4) is 38.1 Å². The number of nitrogens with zero attached hydrogens (tertiary/aromatic N) is 3. The third-order valence-electron chi connectivity index (χ3n) is 13.0. The number of ether oxygens (including phenoxy) is 1. The van der Waals surface area contributed by atoms with E-state index < -0.39 is 23.6 Å². The van der Waals surface area contributed by atoms with Crippen LogP contribution in [0.4, 0.5) is 0 Å². The Morgan fingerprint density at radius 1 is 0.857 bits per heavy atom. The average molecular weight is 988 g/mol. The number of aromatic nitrogens is 1. The molecule has 13 nitrogen and oxygen atoms in total. The third-order valence-corrected chi connectivity index (χ3v) is 15.1. The SMILES string of the molecule is CCN(CCCCCCC(=O)N[C@H](C(=O)N1C[C@H](O)C[C@H]1C(=O)N[C@@H](C)c1ccc(-c2scnc2C)cc1)C(C)(C)C)CCOc1ccc(C(=O)c2c(-c3ccc(O)cc3)sc3cc(O)ccc23)cc1. The number of nitrogens with one attached hydrogen (secondary N) is 2. The van der Waals surface area contributed by atoms with Crippen molar-refractivity contribution in [2.45, 2.75) is 104 Å². The number of aryl methyl sites for hydroxylation is 1. The van der Waals surface area contributed by atoms with E-state index in [1.54, 1.807) is 78.1 Å². The quantitative estimate of drug-likeness (QED) is 0.0344. The highest BCUT2D eigenvalue weighted by molar-refractivity contribution is 7.22. The number of aliphatic hydroxyl groups is 1. The number of hydrogen-bond donors (Lipinski definition) is 5. The van der Waals surface area contributed by atoms with Crippen LogP contribution in [0.3, 0.4) is 0 Å². The first kappa shape index (κ1) is 51.7. The van der Waals surface area contributed by atoms with Gasteiger partial charge in [-0.1, -0.05) is 64.8 Å². The lowest BCUT2D eigenvalue weighted by molar-refractivity contribution is -0.144. The van der Waals surface area contributed by atoms with E-state index in [0.717, 1.165) is 81.1 Å². The van der Waals surface area contributed by atoms with Crippen LogP contribution in [-0.2, 0) is 14.4 Å². The van der Waals surface area contributed by atoms with Crippen LogP contribution in [-0.4, -0.2) is 105 Å². The molecule has 70 heavy (non-hydrogen) atoms. The number of phenols is 2. The van der Waals surface area contributed by atoms with Crippen LogP contribution >= 0.6 is 22.7 Å². The standard InChI is InChI=1S/C55H65N5O8S2/c1-7-59(28-29-68-43-24-19-37(20-25-43)49(65)48-44-26-23-41(62)31-46(44)70-51(48)39-17-21-40(61)22-18-39)27-11-9-8-10-12-47(64)58-52(55(4,5)6)54(67)60-32-42(63)30-45(60)53(66)57-34(2)36-13-15-38(16-14-36)50-35(3)56-33-69-50/h13-26,31,33-34,42,45,52,61-63H,7-12,27-30,32H2,1-6H3,(H,57,66)(H,58,64)/t34-,42+,45-,52+/m0/s1. The third kappa shape index (κ3) is 12.8. The zero-order chi connectivity index (χ0) is 50.1. The van der Waals surface area contributed by atoms with Gasteiger partial charge in [-0.05, 0) is 129 Å². The first-order chi connectivity index (χ1) is 33.5. The second kappa shape index (κ2) is 23.2. The number of benzene rings is 4. The molecule has 4 atom stereocenters. The minimum atomic E-state index is -0.879. The first-order valence-corrected chi connectivity index (χ1v) is 25.8. The fraction of sp³-hybridized carbons (Fsp3) is 0.400. The number of rotatable bonds is 21. The highest BCUT2D eigenvalue weighted by Crippen LogP contribution is 2.42. The lowest BCUT2D eigenvalue weighted by Gasteiger charge is -2.35. The molecule has 0 saturated carbocycles. The number of aliphatic hydroxyl groups excluding tert-OH is 1. The summed E-state index contributed by atoms with van der Waals surface area (Å²) in [5.41, 5.74) is 5.98. The molecule has 3 heterocycles. The van der Waals surface area contributed by atoms with Crippen LogP contribution in [0.5, 0.6) is 17.2 Å². The van der Waals surface area contributed by atoms with E-state index in [4.69, 9.17) is 4.74 Å². The molecule has 0 radical (unpaired) electrons. The van der Waals surface area contributed by atoms with Crippen molar-refractivity contribution >= 4 is 56.3 Å². The first-order valence-electron chi connectivity index (χ1n) is 24.1. The monoisotopic (exact) mass is 987 g/mol. The molecular weight excluding hydrogens is 923 g/mol. The summed E-state index contributed by atoms with van der Waals surface area (Å²) < 4.78 is 6.88. The van der Waals surface area contributed by atoms with Gasteiger partial charge >= 0.3 is 0 Å². The zero-order valence-corrected chi connectivity index (χ0v) is 42.5. The molecule has 4 aromatic carbocycles. The number of aromatic hydroxyl groups is 2. The van der Waals surface area contributed by atoms with Crippen LogP contribution in [0.2, 0.25) is 0 Å². The molecule has 1 saturated heterocycles. The van der Waals surface area contributed by atoms with E-state index in [9.17, 15) is 34.5 Å². The highest BCUT2D eigenvalue weighted by Gasteiger charge is 2.44. The van der Waals surface area contributed by atoms with E-state index in [2.05, 4.69) is 27.4 Å². The summed E-state index contributed by atoms with van der Waals surface area (Å²) in [7, 11) is 0. The van der Waals surface area contributed by atoms with Crippen LogP contribution in [0, 0.1) is 12.3 Å². The van der Waals surface area contributed by atoms with E-state index >= 15 is 0 Å². The molecule has 0 unspecified atom stereocenters. The fourth-order valence-corrected chi connectivity index (χ4v) is 11.0. The van der Waals surface area contributed by atoms with Crippen LogP contribution in [0.15, 0.2) is 96.5 Å². The smallest absolute Gasteiger partial charge is 0.246 e. The molecule has 5 N–H and O–H groups in total. The Balaban J connectivity index is 0.830. The number of carbonyl (C=O) groups excluding carboxylic acids is 4. The van der Waals surface area contributed by atoms with Gasteiger partial charge in [0.05, 0.1) is 28.2 Å². The molecular formula is C55H65N5O8S2. The molecule has 1 aliphatic heterocycles. The number of carbonyl (C=O) groups is 4. The lowest BCUT2D eigenvalue weighted by atomic mass is 9.85. The molecule has 1 fully saturated rings. The number of thiophene rings is 1. The lowest BCUT2D eigenvalue weighted by Crippen LogP contribution is -2.57. The fourth-order valence-electron chi connectivity index (χ4n) is 8.92. The minimum absolute atomic E-state index is 0.0145. The summed E-state index contributed by atoms with van der Waals surface area (Å²) in [6, 6.07) is 24.8. The van der Waals surface area contributed by atoms with Gasteiger partial charge in [-0.3, -0.25) is 19.2 Å². The number of phenolic OH excluding ortho intramolecular Hbond substituents is 2. The Bertz CT molecular complexity index is 2750. The Morgan fingerprint density at radius 3 is 2.20 bits per heavy atom. The number of fused-ring (bicyclic) bond motifs is 1. The second-order valence-corrected chi connectivity index (χ2v) is 21.1. The van der Waals surface area contributed by atoms with Gasteiger partial charge in [0.1, 0.15) is 35.9 Å². The van der Waals surface area contributed by atoms with Crippen LogP contribution in [0.25, 0.3) is 31.0 Å². The number of hydrogen-bond acceptors (Lipinski definition) is 12. The summed E-state index contributed by atoms with van der Waals surface area (Å²) >= 11 is 3.00. The van der Waals surface area contributed by atoms with Gasteiger partial charge in [-0.25, -0.2) is 4.98 Å². The molecule has 3 amide bonds. The molecule has 0 spiro atoms. The van der Waals surface area contributed by atoms with Crippen molar-refractivity contribution in [3.63, 3.8) is 0 Å². The highest BCUT2D eigenvalue weighted by atomic mass is 32.1. The summed E-state index contributed by atoms with van der Waals surface area (Å²) in [6.07, 6.45) is 2.95. The van der Waals surface area contributed by atoms with Crippen LogP contribution < -0.4 is 15.4 Å². The number of thiazole rings is 1. The maximum absolute atomic E-state index is 14.1. The normalized spacial score (nSPS) is 15.8. The van der Waals surface area contributed by atoms with Crippen molar-refractivity contribution < 1.29 is 39.2 Å². The molecule has 15 heteroatoms. The molecule has 1 aliphatic rings. The number of ketones is 1. The Labute approximate surface area is 418 Å². The summed E-state index contributed by atoms with van der Waals surface area (Å²) in [6.45, 7) is 14.6. The largest absolute Gasteiger partial charge is 0.508 e. The Kier molecular flexibility index (Phi) is 17.1. The van der Waals surface area contributed by atoms with Crippen LogP contribution in [0.1, 0.15) is 106 Å². The average Bonchev–Trinajstić information content (AvgIpc) is 4.07. The van der Waals surface area contributed by atoms with E-state index in [0.29, 0.717) is 29.9 Å². The van der Waals surface area contributed by atoms with Gasteiger partial charge in [-0.2, -0.15) is 0 Å². The van der Waals surface area contributed by atoms with Crippen molar-refractivity contribution in [2.24, 2.45) is 5.41 Å². The number of likely N-dealkylation sites (N-methyl/N-ethyl adjacent to an activating group) is 1.